The summed E-state index contributed by atoms with van der Waals surface area (Å²) in [6.45, 7) is -3.00. The topological polar surface area (TPSA) is 84.5 Å². The number of carbonyl (C=O) groups is 1. The van der Waals surface area contributed by atoms with Crippen LogP contribution in [0.25, 0.3) is 0 Å². The van der Waals surface area contributed by atoms with Crippen molar-refractivity contribution in [2.45, 2.75) is 19.1 Å². The van der Waals surface area contributed by atoms with Crippen LogP contribution in [-0.4, -0.2) is 38.6 Å². The number of nitrogens with one attached hydrogen (secondary N) is 2. The highest BCUT2D eigenvalue weighted by atomic mass is 35.5. The van der Waals surface area contributed by atoms with E-state index >= 15 is 0 Å². The quantitative estimate of drug-likeness (QED) is 0.868. The molecule has 10 heteroatoms. The van der Waals surface area contributed by atoms with Crippen LogP contribution in [0.1, 0.15) is 6.42 Å². The Hall–Kier alpha value is -1.61. The van der Waals surface area contributed by atoms with Gasteiger partial charge in [0.05, 0.1) is 16.5 Å². The Morgan fingerprint density at radius 2 is 2.14 bits per heavy atom. The Balaban J connectivity index is 1.93. The van der Waals surface area contributed by atoms with Crippen LogP contribution in [0.2, 0.25) is 5.02 Å². The maximum Gasteiger partial charge on any atom is 0.387 e. The molecule has 1 aromatic rings. The number of hydrogen-bond acceptors (Lipinski definition) is 4. The van der Waals surface area contributed by atoms with Crippen molar-refractivity contribution in [3.8, 4) is 5.75 Å². The lowest BCUT2D eigenvalue weighted by Crippen LogP contribution is -2.38. The van der Waals surface area contributed by atoms with Crippen molar-refractivity contribution in [3.05, 3.63) is 23.2 Å². The van der Waals surface area contributed by atoms with Crippen molar-refractivity contribution in [3.63, 3.8) is 0 Å². The molecule has 0 bridgehead atoms. The number of amides is 2. The van der Waals surface area contributed by atoms with E-state index in [0.717, 1.165) is 0 Å². The first-order valence-electron chi connectivity index (χ1n) is 6.27. The molecule has 0 unspecified atom stereocenters. The Labute approximate surface area is 130 Å². The number of alkyl halides is 2. The molecule has 0 saturated carbocycles. The highest BCUT2D eigenvalue weighted by Crippen LogP contribution is 2.28. The van der Waals surface area contributed by atoms with E-state index in [1.807, 2.05) is 0 Å². The third-order valence-corrected chi connectivity index (χ3v) is 5.04. The average molecular weight is 355 g/mol. The zero-order valence-electron chi connectivity index (χ0n) is 11.2. The molecule has 0 aromatic heterocycles. The summed E-state index contributed by atoms with van der Waals surface area (Å²) in [5.74, 6) is -0.254. The molecule has 1 saturated heterocycles. The van der Waals surface area contributed by atoms with Crippen molar-refractivity contribution in [1.82, 2.24) is 5.32 Å². The molecule has 1 fully saturated rings. The van der Waals surface area contributed by atoms with Crippen LogP contribution >= 0.6 is 11.6 Å². The third-order valence-electron chi connectivity index (χ3n) is 2.97. The van der Waals surface area contributed by atoms with E-state index in [1.54, 1.807) is 0 Å². The molecule has 1 aliphatic heterocycles. The van der Waals surface area contributed by atoms with Crippen LogP contribution in [0.3, 0.4) is 0 Å². The van der Waals surface area contributed by atoms with Gasteiger partial charge in [0.15, 0.2) is 9.84 Å². The van der Waals surface area contributed by atoms with E-state index < -0.39 is 28.5 Å². The molecular formula is C12H13ClF2N2O4S. The summed E-state index contributed by atoms with van der Waals surface area (Å²) in [6.07, 6.45) is 0.359. The molecule has 2 rings (SSSR count). The Morgan fingerprint density at radius 3 is 2.68 bits per heavy atom. The van der Waals surface area contributed by atoms with Gasteiger partial charge >= 0.3 is 12.6 Å². The van der Waals surface area contributed by atoms with Gasteiger partial charge < -0.3 is 15.4 Å². The fraction of sp³-hybridized carbons (Fsp3) is 0.417. The average Bonchev–Trinajstić information content (AvgIpc) is 2.71. The van der Waals surface area contributed by atoms with Gasteiger partial charge in [0.1, 0.15) is 5.75 Å². The normalized spacial score (nSPS) is 19.9. The minimum atomic E-state index is -3.09. The summed E-state index contributed by atoms with van der Waals surface area (Å²) in [6, 6.07) is 2.76. The van der Waals surface area contributed by atoms with E-state index in [2.05, 4.69) is 15.4 Å². The summed E-state index contributed by atoms with van der Waals surface area (Å²) in [5, 5.41) is 4.89. The molecule has 2 amide bonds. The van der Waals surface area contributed by atoms with E-state index in [1.165, 1.54) is 18.2 Å². The first kappa shape index (κ1) is 16.8. The molecule has 1 heterocycles. The van der Waals surface area contributed by atoms with Gasteiger partial charge in [0.2, 0.25) is 0 Å². The van der Waals surface area contributed by atoms with Crippen molar-refractivity contribution in [1.29, 1.82) is 0 Å². The summed E-state index contributed by atoms with van der Waals surface area (Å²) < 4.78 is 50.9. The molecule has 0 radical (unpaired) electrons. The second-order valence-corrected chi connectivity index (χ2v) is 7.36. The Kier molecular flexibility index (Phi) is 5.07. The second-order valence-electron chi connectivity index (χ2n) is 4.72. The summed E-state index contributed by atoms with van der Waals surface area (Å²) >= 11 is 5.76. The van der Waals surface area contributed by atoms with E-state index in [4.69, 9.17) is 11.6 Å². The zero-order valence-corrected chi connectivity index (χ0v) is 12.8. The van der Waals surface area contributed by atoms with E-state index in [0.29, 0.717) is 6.42 Å². The molecule has 22 heavy (non-hydrogen) atoms. The lowest BCUT2D eigenvalue weighted by molar-refractivity contribution is -0.0497. The van der Waals surface area contributed by atoms with Gasteiger partial charge in [-0.1, -0.05) is 11.6 Å². The third kappa shape index (κ3) is 4.70. The fourth-order valence-electron chi connectivity index (χ4n) is 2.03. The summed E-state index contributed by atoms with van der Waals surface area (Å²) in [7, 11) is -3.09. The lowest BCUT2D eigenvalue weighted by Gasteiger charge is -2.13. The van der Waals surface area contributed by atoms with Gasteiger partial charge in [-0.2, -0.15) is 8.78 Å². The number of halogens is 3. The minimum absolute atomic E-state index is 0.0451. The SMILES string of the molecule is O=C(Nc1ccc(OC(F)F)c(Cl)c1)N[C@@H]1CCS(=O)(=O)C1. The standard InChI is InChI=1S/C12H13ClF2N2O4S/c13-9-5-7(1-2-10(9)21-11(14)15)16-12(18)17-8-3-4-22(19,20)6-8/h1-2,5,8,11H,3-4,6H2,(H2,16,17,18)/t8-/m1/s1. The number of urea groups is 1. The van der Waals surface area contributed by atoms with Crippen molar-refractivity contribution in [2.24, 2.45) is 0 Å². The molecular weight excluding hydrogens is 342 g/mol. The lowest BCUT2D eigenvalue weighted by atomic mass is 10.2. The molecule has 0 spiro atoms. The van der Waals surface area contributed by atoms with Crippen LogP contribution in [0.5, 0.6) is 5.75 Å². The highest BCUT2D eigenvalue weighted by Gasteiger charge is 2.28. The first-order chi connectivity index (χ1) is 10.2. The molecule has 6 nitrogen and oxygen atoms in total. The number of carbonyl (C=O) groups excluding carboxylic acids is 1. The van der Waals surface area contributed by atoms with Crippen LogP contribution < -0.4 is 15.4 Å². The molecule has 1 aromatic carbocycles. The second kappa shape index (κ2) is 6.66. The predicted octanol–water partition coefficient (Wildman–Crippen LogP) is 2.25. The van der Waals surface area contributed by atoms with Gasteiger partial charge in [0, 0.05) is 11.7 Å². The van der Waals surface area contributed by atoms with Gasteiger partial charge in [-0.3, -0.25) is 0 Å². The van der Waals surface area contributed by atoms with Crippen molar-refractivity contribution >= 4 is 33.2 Å². The van der Waals surface area contributed by atoms with E-state index in [9.17, 15) is 22.0 Å². The monoisotopic (exact) mass is 354 g/mol. The van der Waals surface area contributed by atoms with Crippen molar-refractivity contribution < 1.29 is 26.7 Å². The summed E-state index contributed by atoms with van der Waals surface area (Å²) in [5.41, 5.74) is 0.268. The van der Waals surface area contributed by atoms with Gasteiger partial charge in [-0.05, 0) is 24.6 Å². The first-order valence-corrected chi connectivity index (χ1v) is 8.47. The molecule has 2 N–H and O–H groups in total. The molecule has 1 aliphatic rings. The zero-order chi connectivity index (χ0) is 16.3. The van der Waals surface area contributed by atoms with Gasteiger partial charge in [-0.25, -0.2) is 13.2 Å². The molecule has 1 atom stereocenters. The summed E-state index contributed by atoms with van der Waals surface area (Å²) in [4.78, 5) is 11.7. The number of ether oxygens (including phenoxy) is 1. The maximum atomic E-state index is 12.1. The van der Waals surface area contributed by atoms with Crippen molar-refractivity contribution in [2.75, 3.05) is 16.8 Å². The van der Waals surface area contributed by atoms with Gasteiger partial charge in [0.25, 0.3) is 0 Å². The fourth-order valence-corrected chi connectivity index (χ4v) is 3.93. The maximum absolute atomic E-state index is 12.1. The highest BCUT2D eigenvalue weighted by molar-refractivity contribution is 7.91. The number of hydrogen-bond donors (Lipinski definition) is 2. The van der Waals surface area contributed by atoms with Crippen LogP contribution in [0, 0.1) is 0 Å². The molecule has 0 aliphatic carbocycles. The van der Waals surface area contributed by atoms with E-state index in [-0.39, 0.29) is 28.0 Å². The predicted molar refractivity (Wildman–Crippen MR) is 77.3 cm³/mol. The van der Waals surface area contributed by atoms with Crippen LogP contribution in [-0.2, 0) is 9.84 Å². The minimum Gasteiger partial charge on any atom is -0.433 e. The van der Waals surface area contributed by atoms with Crippen LogP contribution in [0.15, 0.2) is 18.2 Å². The smallest absolute Gasteiger partial charge is 0.387 e. The Bertz CT molecular complexity index is 669. The van der Waals surface area contributed by atoms with Crippen LogP contribution in [0.4, 0.5) is 19.3 Å². The molecule has 122 valence electrons. The number of benzene rings is 1. The largest absolute Gasteiger partial charge is 0.433 e. The number of anilines is 1. The number of rotatable bonds is 4. The Morgan fingerprint density at radius 1 is 1.41 bits per heavy atom. The van der Waals surface area contributed by atoms with Gasteiger partial charge in [-0.15, -0.1) is 0 Å². The number of sulfone groups is 1.